The minimum absolute atomic E-state index is 0.0460. The maximum Gasteiger partial charge on any atom is 0.383 e. The molecule has 104 valence electrons. The van der Waals surface area contributed by atoms with Gasteiger partial charge in [-0.2, -0.15) is 8.78 Å². The molecule has 0 aromatic carbocycles. The Hall–Kier alpha value is -0.850. The largest absolute Gasteiger partial charge is 0.383 e. The number of alkyl halides is 4. The Balaban J connectivity index is 1.73. The maximum absolute atomic E-state index is 12.7. The lowest BCUT2D eigenvalue weighted by molar-refractivity contribution is -0.169. The summed E-state index contributed by atoms with van der Waals surface area (Å²) in [5, 5.41) is 1.93. The van der Waals surface area contributed by atoms with Crippen molar-refractivity contribution >= 4 is 5.91 Å². The minimum Gasteiger partial charge on any atom is -0.350 e. The van der Waals surface area contributed by atoms with E-state index in [1.807, 2.05) is 5.32 Å². The van der Waals surface area contributed by atoms with Gasteiger partial charge in [0, 0.05) is 19.1 Å². The average Bonchev–Trinajstić information content (AvgIpc) is 3.05. The molecule has 3 nitrogen and oxygen atoms in total. The molecule has 0 radical (unpaired) electrons. The van der Waals surface area contributed by atoms with Crippen molar-refractivity contribution in [3.05, 3.63) is 0 Å². The van der Waals surface area contributed by atoms with E-state index in [9.17, 15) is 22.4 Å². The van der Waals surface area contributed by atoms with Crippen LogP contribution in [0.1, 0.15) is 19.3 Å². The summed E-state index contributed by atoms with van der Waals surface area (Å²) in [6, 6.07) is 0.605. The summed E-state index contributed by atoms with van der Waals surface area (Å²) >= 11 is 0. The minimum atomic E-state index is -4.59. The predicted octanol–water partition coefficient (Wildman–Crippen LogP) is 1.49. The van der Waals surface area contributed by atoms with Crippen LogP contribution in [0.4, 0.5) is 17.6 Å². The number of hydrogen-bond donors (Lipinski definition) is 1. The molecule has 18 heavy (non-hydrogen) atoms. The van der Waals surface area contributed by atoms with E-state index < -0.39 is 18.3 Å². The van der Waals surface area contributed by atoms with E-state index in [4.69, 9.17) is 0 Å². The zero-order chi connectivity index (χ0) is 13.3. The van der Waals surface area contributed by atoms with Crippen molar-refractivity contribution in [2.75, 3.05) is 19.6 Å². The van der Waals surface area contributed by atoms with Gasteiger partial charge in [-0.1, -0.05) is 0 Å². The van der Waals surface area contributed by atoms with Crippen LogP contribution in [0, 0.1) is 5.92 Å². The molecular formula is C11H16F4N2O. The lowest BCUT2D eigenvalue weighted by Gasteiger charge is -2.18. The third-order valence-corrected chi connectivity index (χ3v) is 3.51. The smallest absolute Gasteiger partial charge is 0.350 e. The second-order valence-electron chi connectivity index (χ2n) is 5.01. The monoisotopic (exact) mass is 268 g/mol. The fourth-order valence-corrected chi connectivity index (χ4v) is 2.25. The molecule has 1 aliphatic carbocycles. The second-order valence-corrected chi connectivity index (χ2v) is 5.01. The summed E-state index contributed by atoms with van der Waals surface area (Å²) in [6.45, 7) is 1.70. The number of likely N-dealkylation sites (tertiary alicyclic amines) is 1. The Bertz CT molecular complexity index is 320. The molecule has 1 amide bonds. The van der Waals surface area contributed by atoms with Gasteiger partial charge in [-0.15, -0.1) is 0 Å². The molecule has 0 aromatic rings. The fourth-order valence-electron chi connectivity index (χ4n) is 2.25. The van der Waals surface area contributed by atoms with Gasteiger partial charge in [0.1, 0.15) is 0 Å². The van der Waals surface area contributed by atoms with Crippen molar-refractivity contribution in [2.45, 2.75) is 37.7 Å². The summed E-state index contributed by atoms with van der Waals surface area (Å²) in [6.07, 6.45) is -0.800. The zero-order valence-corrected chi connectivity index (χ0v) is 9.84. The molecule has 1 saturated carbocycles. The lowest BCUT2D eigenvalue weighted by Crippen LogP contribution is -2.46. The number of carbonyl (C=O) groups excluding carboxylic acids is 1. The molecule has 1 N–H and O–H groups in total. The van der Waals surface area contributed by atoms with Gasteiger partial charge in [-0.25, -0.2) is 8.78 Å². The fraction of sp³-hybridized carbons (Fsp3) is 0.909. The van der Waals surface area contributed by atoms with Gasteiger partial charge in [0.05, 0.1) is 0 Å². The Labute approximate surface area is 103 Å². The van der Waals surface area contributed by atoms with Gasteiger partial charge in [0.25, 0.3) is 5.91 Å². The second kappa shape index (κ2) is 5.03. The van der Waals surface area contributed by atoms with E-state index in [1.165, 1.54) is 12.8 Å². The molecule has 2 rings (SSSR count). The topological polar surface area (TPSA) is 32.3 Å². The molecule has 1 saturated heterocycles. The number of nitrogens with zero attached hydrogens (tertiary/aromatic N) is 1. The molecule has 1 atom stereocenters. The first-order chi connectivity index (χ1) is 8.41. The number of nitrogens with one attached hydrogen (secondary N) is 1. The quantitative estimate of drug-likeness (QED) is 0.766. The number of amides is 1. The molecule has 0 spiro atoms. The van der Waals surface area contributed by atoms with Gasteiger partial charge >= 0.3 is 12.3 Å². The van der Waals surface area contributed by atoms with Crippen molar-refractivity contribution in [1.29, 1.82) is 0 Å². The number of rotatable bonds is 5. The highest BCUT2D eigenvalue weighted by Crippen LogP contribution is 2.31. The van der Waals surface area contributed by atoms with Crippen molar-refractivity contribution in [1.82, 2.24) is 10.2 Å². The third kappa shape index (κ3) is 2.93. The average molecular weight is 268 g/mol. The molecule has 1 aliphatic heterocycles. The highest BCUT2D eigenvalue weighted by Gasteiger charge is 2.49. The first kappa shape index (κ1) is 13.6. The SMILES string of the molecule is O=C(NCC1CCN(C2CC2)C1)C(F)(F)C(F)F. The molecule has 2 aliphatic rings. The lowest BCUT2D eigenvalue weighted by atomic mass is 10.1. The summed E-state index contributed by atoms with van der Waals surface area (Å²) in [4.78, 5) is 13.2. The molecular weight excluding hydrogens is 252 g/mol. The van der Waals surface area contributed by atoms with E-state index in [0.717, 1.165) is 19.5 Å². The van der Waals surface area contributed by atoms with Crippen LogP contribution in [0.25, 0.3) is 0 Å². The standard InChI is InChI=1S/C11H16F4N2O/c12-9(13)11(14,15)10(18)16-5-7-3-4-17(6-7)8-1-2-8/h7-9H,1-6H2,(H,16,18). The van der Waals surface area contributed by atoms with Crippen molar-refractivity contribution < 1.29 is 22.4 Å². The maximum atomic E-state index is 12.7. The van der Waals surface area contributed by atoms with Crippen LogP contribution in [0.5, 0.6) is 0 Å². The zero-order valence-electron chi connectivity index (χ0n) is 9.84. The first-order valence-corrected chi connectivity index (χ1v) is 6.09. The Morgan fingerprint density at radius 3 is 2.56 bits per heavy atom. The van der Waals surface area contributed by atoms with Crippen LogP contribution < -0.4 is 5.32 Å². The van der Waals surface area contributed by atoms with Crippen molar-refractivity contribution in [2.24, 2.45) is 5.92 Å². The molecule has 2 fully saturated rings. The number of halogens is 4. The normalized spacial score (nSPS) is 25.7. The van der Waals surface area contributed by atoms with E-state index in [1.54, 1.807) is 0 Å². The number of carbonyl (C=O) groups is 1. The van der Waals surface area contributed by atoms with Crippen LogP contribution in [0.15, 0.2) is 0 Å². The van der Waals surface area contributed by atoms with Gasteiger partial charge in [-0.05, 0) is 31.7 Å². The van der Waals surface area contributed by atoms with Gasteiger partial charge in [0.15, 0.2) is 0 Å². The van der Waals surface area contributed by atoms with E-state index in [2.05, 4.69) is 4.90 Å². The van der Waals surface area contributed by atoms with Crippen LogP contribution in [0.3, 0.4) is 0 Å². The highest BCUT2D eigenvalue weighted by molar-refractivity contribution is 5.83. The third-order valence-electron chi connectivity index (χ3n) is 3.51. The van der Waals surface area contributed by atoms with Crippen LogP contribution in [-0.2, 0) is 4.79 Å². The predicted molar refractivity (Wildman–Crippen MR) is 56.7 cm³/mol. The Kier molecular flexibility index (Phi) is 3.79. The molecule has 7 heteroatoms. The molecule has 0 aromatic heterocycles. The van der Waals surface area contributed by atoms with Gasteiger partial charge in [-0.3, -0.25) is 4.79 Å². The summed E-state index contributed by atoms with van der Waals surface area (Å²) in [5.74, 6) is -6.38. The van der Waals surface area contributed by atoms with E-state index in [-0.39, 0.29) is 12.5 Å². The van der Waals surface area contributed by atoms with Gasteiger partial charge < -0.3 is 10.2 Å². The summed E-state index contributed by atoms with van der Waals surface area (Å²) in [7, 11) is 0. The highest BCUT2D eigenvalue weighted by atomic mass is 19.3. The Morgan fingerprint density at radius 2 is 2.00 bits per heavy atom. The summed E-state index contributed by atoms with van der Waals surface area (Å²) in [5.41, 5.74) is 0. The van der Waals surface area contributed by atoms with Crippen LogP contribution in [-0.4, -0.2) is 48.8 Å². The van der Waals surface area contributed by atoms with Gasteiger partial charge in [0.2, 0.25) is 0 Å². The van der Waals surface area contributed by atoms with Crippen LogP contribution >= 0.6 is 0 Å². The van der Waals surface area contributed by atoms with E-state index >= 15 is 0 Å². The number of hydrogen-bond acceptors (Lipinski definition) is 2. The Morgan fingerprint density at radius 1 is 1.33 bits per heavy atom. The summed E-state index contributed by atoms with van der Waals surface area (Å²) < 4.78 is 49.2. The van der Waals surface area contributed by atoms with E-state index in [0.29, 0.717) is 6.04 Å². The van der Waals surface area contributed by atoms with Crippen LogP contribution in [0.2, 0.25) is 0 Å². The molecule has 1 heterocycles. The molecule has 1 unspecified atom stereocenters. The van der Waals surface area contributed by atoms with Crippen molar-refractivity contribution in [3.8, 4) is 0 Å². The first-order valence-electron chi connectivity index (χ1n) is 6.09. The van der Waals surface area contributed by atoms with Crippen molar-refractivity contribution in [3.63, 3.8) is 0 Å². The molecule has 0 bridgehead atoms.